The first kappa shape index (κ1) is 16.8. The second-order valence-corrected chi connectivity index (χ2v) is 4.80. The highest BCUT2D eigenvalue weighted by Crippen LogP contribution is 2.31. The van der Waals surface area contributed by atoms with E-state index in [2.05, 4.69) is 20.6 Å². The Morgan fingerprint density at radius 2 is 1.78 bits per heavy atom. The van der Waals surface area contributed by atoms with Gasteiger partial charge in [0.1, 0.15) is 29.0 Å². The van der Waals surface area contributed by atoms with Crippen molar-refractivity contribution < 1.29 is 14.2 Å². The third-order valence-electron chi connectivity index (χ3n) is 3.12. The number of nitrogens with one attached hydrogen (secondary N) is 2. The monoisotopic (exact) mass is 318 g/mol. The molecular formula is C16H22N4O3. The number of hydrogen-bond acceptors (Lipinski definition) is 7. The van der Waals surface area contributed by atoms with Crippen molar-refractivity contribution in [1.29, 1.82) is 0 Å². The molecule has 0 saturated heterocycles. The molecule has 0 amide bonds. The Labute approximate surface area is 136 Å². The van der Waals surface area contributed by atoms with E-state index in [-0.39, 0.29) is 0 Å². The zero-order valence-electron chi connectivity index (χ0n) is 13.8. The fourth-order valence-electron chi connectivity index (χ4n) is 2.04. The first-order valence-corrected chi connectivity index (χ1v) is 7.24. The lowest BCUT2D eigenvalue weighted by Crippen LogP contribution is -2.10. The first-order chi connectivity index (χ1) is 11.2. The molecule has 0 aliphatic carbocycles. The van der Waals surface area contributed by atoms with Crippen molar-refractivity contribution in [3.05, 3.63) is 30.1 Å². The Bertz CT molecular complexity index is 649. The molecule has 1 aromatic heterocycles. The highest BCUT2D eigenvalue weighted by atomic mass is 16.5. The molecule has 7 heteroatoms. The average molecular weight is 318 g/mol. The lowest BCUT2D eigenvalue weighted by atomic mass is 10.2. The van der Waals surface area contributed by atoms with Crippen LogP contribution in [0.15, 0.2) is 24.3 Å². The predicted octanol–water partition coefficient (Wildman–Crippen LogP) is 2.60. The molecule has 2 N–H and O–H groups in total. The highest BCUT2D eigenvalue weighted by Gasteiger charge is 2.08. The van der Waals surface area contributed by atoms with Crippen molar-refractivity contribution in [2.24, 2.45) is 0 Å². The van der Waals surface area contributed by atoms with Crippen LogP contribution in [0.5, 0.6) is 11.5 Å². The van der Waals surface area contributed by atoms with Crippen molar-refractivity contribution in [3.63, 3.8) is 0 Å². The zero-order valence-corrected chi connectivity index (χ0v) is 13.8. The van der Waals surface area contributed by atoms with Crippen LogP contribution < -0.4 is 20.1 Å². The van der Waals surface area contributed by atoms with Gasteiger partial charge in [0.2, 0.25) is 0 Å². The summed E-state index contributed by atoms with van der Waals surface area (Å²) in [6, 6.07) is 7.39. The predicted molar refractivity (Wildman–Crippen MR) is 90.0 cm³/mol. The Kier molecular flexibility index (Phi) is 5.99. The van der Waals surface area contributed by atoms with E-state index >= 15 is 0 Å². The SMILES string of the molecule is COCCNc1cc(Nc2ccc(OC)cc2OC)nc(C)n1. The van der Waals surface area contributed by atoms with Crippen molar-refractivity contribution in [1.82, 2.24) is 9.97 Å². The molecule has 0 saturated carbocycles. The molecule has 124 valence electrons. The summed E-state index contributed by atoms with van der Waals surface area (Å²) < 4.78 is 15.6. The number of rotatable bonds is 8. The average Bonchev–Trinajstić information content (AvgIpc) is 2.55. The van der Waals surface area contributed by atoms with Crippen molar-refractivity contribution in [3.8, 4) is 11.5 Å². The maximum atomic E-state index is 5.38. The number of aromatic nitrogens is 2. The van der Waals surface area contributed by atoms with Crippen LogP contribution in [0.1, 0.15) is 5.82 Å². The van der Waals surface area contributed by atoms with Crippen molar-refractivity contribution >= 4 is 17.3 Å². The molecule has 0 bridgehead atoms. The minimum Gasteiger partial charge on any atom is -0.497 e. The summed E-state index contributed by atoms with van der Waals surface area (Å²) in [5.74, 6) is 3.50. The molecule has 0 aliphatic heterocycles. The smallest absolute Gasteiger partial charge is 0.146 e. The van der Waals surface area contributed by atoms with Gasteiger partial charge in [0.15, 0.2) is 0 Å². The van der Waals surface area contributed by atoms with Crippen LogP contribution in [0.2, 0.25) is 0 Å². The quantitative estimate of drug-likeness (QED) is 0.724. The van der Waals surface area contributed by atoms with Gasteiger partial charge in [-0.1, -0.05) is 0 Å². The second kappa shape index (κ2) is 8.19. The lowest BCUT2D eigenvalue weighted by Gasteiger charge is -2.13. The van der Waals surface area contributed by atoms with Crippen LogP contribution in [-0.4, -0.2) is 44.4 Å². The summed E-state index contributed by atoms with van der Waals surface area (Å²) in [5, 5.41) is 6.44. The van der Waals surface area contributed by atoms with Gasteiger partial charge >= 0.3 is 0 Å². The normalized spacial score (nSPS) is 10.3. The number of methoxy groups -OCH3 is 3. The third-order valence-corrected chi connectivity index (χ3v) is 3.12. The van der Waals surface area contributed by atoms with Crippen LogP contribution in [-0.2, 0) is 4.74 Å². The van der Waals surface area contributed by atoms with Gasteiger partial charge in [0.25, 0.3) is 0 Å². The number of anilines is 3. The highest BCUT2D eigenvalue weighted by molar-refractivity contribution is 5.67. The molecule has 0 fully saturated rings. The van der Waals surface area contributed by atoms with Gasteiger partial charge in [-0.05, 0) is 19.1 Å². The number of nitrogens with zero attached hydrogens (tertiary/aromatic N) is 2. The first-order valence-electron chi connectivity index (χ1n) is 7.24. The van der Waals surface area contributed by atoms with Gasteiger partial charge in [0, 0.05) is 25.8 Å². The summed E-state index contributed by atoms with van der Waals surface area (Å²) in [6.45, 7) is 3.13. The Morgan fingerprint density at radius 3 is 2.48 bits per heavy atom. The molecule has 1 heterocycles. The molecule has 0 atom stereocenters. The van der Waals surface area contributed by atoms with Crippen molar-refractivity contribution in [2.75, 3.05) is 45.1 Å². The molecule has 0 radical (unpaired) electrons. The van der Waals surface area contributed by atoms with E-state index < -0.39 is 0 Å². The molecule has 0 aliphatic rings. The minimum atomic E-state index is 0.609. The molecule has 0 spiro atoms. The van der Waals surface area contributed by atoms with E-state index in [4.69, 9.17) is 14.2 Å². The third kappa shape index (κ3) is 4.72. The fourth-order valence-corrected chi connectivity index (χ4v) is 2.04. The lowest BCUT2D eigenvalue weighted by molar-refractivity contribution is 0.210. The molecule has 2 aromatic rings. The molecule has 23 heavy (non-hydrogen) atoms. The second-order valence-electron chi connectivity index (χ2n) is 4.80. The fraction of sp³-hybridized carbons (Fsp3) is 0.375. The Balaban J connectivity index is 2.19. The summed E-state index contributed by atoms with van der Waals surface area (Å²) in [7, 11) is 4.90. The maximum Gasteiger partial charge on any atom is 0.146 e. The van der Waals surface area contributed by atoms with Gasteiger partial charge < -0.3 is 24.8 Å². The summed E-state index contributed by atoms with van der Waals surface area (Å²) in [4.78, 5) is 8.74. The molecule has 1 aromatic carbocycles. The standard InChI is InChI=1S/C16H22N4O3/c1-11-18-15(17-7-8-21-2)10-16(19-11)20-13-6-5-12(22-3)9-14(13)23-4/h5-6,9-10H,7-8H2,1-4H3,(H2,17,18,19,20). The number of ether oxygens (including phenoxy) is 3. The summed E-state index contributed by atoms with van der Waals surface area (Å²) in [5.41, 5.74) is 0.800. The van der Waals surface area contributed by atoms with Gasteiger partial charge in [-0.25, -0.2) is 9.97 Å². The molecule has 7 nitrogen and oxygen atoms in total. The van der Waals surface area contributed by atoms with Crippen LogP contribution >= 0.6 is 0 Å². The van der Waals surface area contributed by atoms with Crippen LogP contribution in [0.25, 0.3) is 0 Å². The number of hydrogen-bond donors (Lipinski definition) is 2. The minimum absolute atomic E-state index is 0.609. The largest absolute Gasteiger partial charge is 0.497 e. The van der Waals surface area contributed by atoms with Crippen molar-refractivity contribution in [2.45, 2.75) is 6.92 Å². The summed E-state index contributed by atoms with van der Waals surface area (Å²) in [6.07, 6.45) is 0. The van der Waals surface area contributed by atoms with Gasteiger partial charge in [-0.2, -0.15) is 0 Å². The zero-order chi connectivity index (χ0) is 16.7. The van der Waals surface area contributed by atoms with Crippen LogP contribution in [0.4, 0.5) is 17.3 Å². The number of aryl methyl sites for hydroxylation is 1. The maximum absolute atomic E-state index is 5.38. The topological polar surface area (TPSA) is 77.5 Å². The Morgan fingerprint density at radius 1 is 1.00 bits per heavy atom. The van der Waals surface area contributed by atoms with E-state index in [1.54, 1.807) is 21.3 Å². The van der Waals surface area contributed by atoms with Gasteiger partial charge in [-0.15, -0.1) is 0 Å². The molecule has 2 rings (SSSR count). The van der Waals surface area contributed by atoms with E-state index in [1.807, 2.05) is 31.2 Å². The Hall–Kier alpha value is -2.54. The van der Waals surface area contributed by atoms with E-state index in [9.17, 15) is 0 Å². The van der Waals surface area contributed by atoms with E-state index in [0.717, 1.165) is 17.3 Å². The van der Waals surface area contributed by atoms with E-state index in [0.29, 0.717) is 30.5 Å². The molecular weight excluding hydrogens is 296 g/mol. The van der Waals surface area contributed by atoms with Crippen LogP contribution in [0.3, 0.4) is 0 Å². The van der Waals surface area contributed by atoms with Gasteiger partial charge in [0.05, 0.1) is 26.5 Å². The van der Waals surface area contributed by atoms with E-state index in [1.165, 1.54) is 0 Å². The van der Waals surface area contributed by atoms with Gasteiger partial charge in [-0.3, -0.25) is 0 Å². The number of benzene rings is 1. The summed E-state index contributed by atoms with van der Waals surface area (Å²) >= 11 is 0. The molecule has 0 unspecified atom stereocenters. The van der Waals surface area contributed by atoms with Crippen LogP contribution in [0, 0.1) is 6.92 Å².